The van der Waals surface area contributed by atoms with Crippen LogP contribution in [0.2, 0.25) is 0 Å². The molecular formula is C70H46N2O3. The van der Waals surface area contributed by atoms with E-state index in [0.29, 0.717) is 0 Å². The van der Waals surface area contributed by atoms with Crippen LogP contribution in [0.3, 0.4) is 0 Å². The number of fused-ring (bicyclic) bond motifs is 11. The second-order valence-corrected chi connectivity index (χ2v) is 19.7. The molecule has 0 fully saturated rings. The first-order valence-electron chi connectivity index (χ1n) is 25.6. The van der Waals surface area contributed by atoms with Crippen LogP contribution < -0.4 is 9.80 Å². The van der Waals surface area contributed by atoms with Crippen LogP contribution in [0.5, 0.6) is 0 Å². The normalized spacial score (nSPS) is 11.9. The van der Waals surface area contributed by atoms with Gasteiger partial charge in [-0.3, -0.25) is 0 Å². The largest absolute Gasteiger partial charge is 0.456 e. The first-order chi connectivity index (χ1) is 37.0. The highest BCUT2D eigenvalue weighted by Gasteiger charge is 2.25. The van der Waals surface area contributed by atoms with Gasteiger partial charge in [0.1, 0.15) is 22.3 Å². The van der Waals surface area contributed by atoms with Crippen molar-refractivity contribution in [2.75, 3.05) is 9.80 Å². The second-order valence-electron chi connectivity index (χ2n) is 19.7. The molecule has 75 heavy (non-hydrogen) atoms. The summed E-state index contributed by atoms with van der Waals surface area (Å²) >= 11 is 0. The molecule has 0 atom stereocenters. The molecule has 0 unspecified atom stereocenters. The molecule has 0 amide bonds. The number of furan rings is 3. The summed E-state index contributed by atoms with van der Waals surface area (Å²) in [6.07, 6.45) is 0. The molecule has 3 heterocycles. The van der Waals surface area contributed by atoms with E-state index in [4.69, 9.17) is 13.3 Å². The molecule has 12 aromatic carbocycles. The van der Waals surface area contributed by atoms with Crippen molar-refractivity contribution in [1.29, 1.82) is 0 Å². The molecule has 0 radical (unpaired) electrons. The van der Waals surface area contributed by atoms with Crippen molar-refractivity contribution in [1.82, 2.24) is 0 Å². The predicted molar refractivity (Wildman–Crippen MR) is 313 cm³/mol. The molecule has 0 aliphatic heterocycles. The summed E-state index contributed by atoms with van der Waals surface area (Å²) in [5.41, 5.74) is 18.0. The van der Waals surface area contributed by atoms with Gasteiger partial charge in [-0.05, 0) is 130 Å². The first kappa shape index (κ1) is 42.8. The fourth-order valence-electron chi connectivity index (χ4n) is 11.6. The molecule has 15 rings (SSSR count). The Bertz CT molecular complexity index is 4450. The highest BCUT2D eigenvalue weighted by atomic mass is 16.3. The second kappa shape index (κ2) is 16.9. The zero-order chi connectivity index (χ0) is 49.7. The smallest absolute Gasteiger partial charge is 0.159 e. The number of rotatable bonds is 8. The van der Waals surface area contributed by atoms with E-state index in [-0.39, 0.29) is 0 Å². The molecule has 0 N–H and O–H groups in total. The van der Waals surface area contributed by atoms with Crippen molar-refractivity contribution < 1.29 is 13.3 Å². The molecule has 0 aliphatic carbocycles. The molecule has 5 nitrogen and oxygen atoms in total. The van der Waals surface area contributed by atoms with E-state index < -0.39 is 0 Å². The monoisotopic (exact) mass is 962 g/mol. The van der Waals surface area contributed by atoms with E-state index in [9.17, 15) is 0 Å². The van der Waals surface area contributed by atoms with Crippen molar-refractivity contribution in [2.45, 2.75) is 13.8 Å². The third-order valence-corrected chi connectivity index (χ3v) is 15.2. The minimum atomic E-state index is 0.842. The summed E-state index contributed by atoms with van der Waals surface area (Å²) in [7, 11) is 0. The Morgan fingerprint density at radius 3 is 1.09 bits per heavy atom. The topological polar surface area (TPSA) is 45.9 Å². The van der Waals surface area contributed by atoms with E-state index in [1.165, 1.54) is 0 Å². The molecule has 3 aromatic heterocycles. The fourth-order valence-corrected chi connectivity index (χ4v) is 11.6. The van der Waals surface area contributed by atoms with Crippen molar-refractivity contribution in [2.24, 2.45) is 0 Å². The molecule has 0 bridgehead atoms. The van der Waals surface area contributed by atoms with Crippen LogP contribution in [-0.4, -0.2) is 0 Å². The summed E-state index contributed by atoms with van der Waals surface area (Å²) in [4.78, 5) is 4.70. The Kier molecular flexibility index (Phi) is 9.63. The van der Waals surface area contributed by atoms with Crippen LogP contribution in [0.15, 0.2) is 256 Å². The van der Waals surface area contributed by atoms with Gasteiger partial charge in [0.05, 0.1) is 11.4 Å². The SMILES string of the molecule is Cc1ccccc1N(c1ccc2cc3oc4cc5ccc(N(c6ccccc6C)c6cccc7c6oc6c(-c8ccccc8)cccc67)cc5cc4c3cc2c1)c1cccc2c1oc1c(-c3ccccc3)cccc12. The summed E-state index contributed by atoms with van der Waals surface area (Å²) in [5, 5.41) is 10.9. The minimum absolute atomic E-state index is 0.842. The lowest BCUT2D eigenvalue weighted by atomic mass is 10.0. The van der Waals surface area contributed by atoms with E-state index >= 15 is 0 Å². The lowest BCUT2D eigenvalue weighted by Gasteiger charge is -2.27. The quantitative estimate of drug-likeness (QED) is 0.152. The van der Waals surface area contributed by atoms with Gasteiger partial charge in [-0.15, -0.1) is 0 Å². The fraction of sp³-hybridized carbons (Fsp3) is 0.0286. The molecule has 15 aromatic rings. The van der Waals surface area contributed by atoms with Crippen molar-refractivity contribution >= 4 is 121 Å². The van der Waals surface area contributed by atoms with Crippen molar-refractivity contribution in [3.05, 3.63) is 254 Å². The number of anilines is 6. The highest BCUT2D eigenvalue weighted by Crippen LogP contribution is 2.48. The summed E-state index contributed by atoms with van der Waals surface area (Å²) < 4.78 is 20.8. The molecule has 0 aliphatic rings. The molecule has 0 saturated heterocycles. The van der Waals surface area contributed by atoms with Crippen LogP contribution in [0, 0.1) is 13.8 Å². The Morgan fingerprint density at radius 1 is 0.267 bits per heavy atom. The Labute approximate surface area is 432 Å². The summed E-state index contributed by atoms with van der Waals surface area (Å²) in [6, 6.07) is 86.4. The van der Waals surface area contributed by atoms with Gasteiger partial charge < -0.3 is 23.1 Å². The lowest BCUT2D eigenvalue weighted by molar-refractivity contribution is 0.670. The lowest BCUT2D eigenvalue weighted by Crippen LogP contribution is -2.11. The third-order valence-electron chi connectivity index (χ3n) is 15.2. The van der Waals surface area contributed by atoms with Gasteiger partial charge in [0.25, 0.3) is 0 Å². The summed E-state index contributed by atoms with van der Waals surface area (Å²) in [6.45, 7) is 4.35. The first-order valence-corrected chi connectivity index (χ1v) is 25.6. The number of benzene rings is 12. The summed E-state index contributed by atoms with van der Waals surface area (Å²) in [5.74, 6) is 0. The number of nitrogens with zero attached hydrogens (tertiary/aromatic N) is 2. The zero-order valence-corrected chi connectivity index (χ0v) is 41.2. The van der Waals surface area contributed by atoms with Crippen LogP contribution in [0.25, 0.3) is 110 Å². The maximum atomic E-state index is 7.02. The maximum Gasteiger partial charge on any atom is 0.159 e. The van der Waals surface area contributed by atoms with E-state index in [0.717, 1.165) is 155 Å². The predicted octanol–water partition coefficient (Wildman–Crippen LogP) is 20.6. The van der Waals surface area contributed by atoms with Gasteiger partial charge >= 0.3 is 0 Å². The third kappa shape index (κ3) is 6.86. The van der Waals surface area contributed by atoms with E-state index in [2.05, 4.69) is 266 Å². The Balaban J connectivity index is 0.880. The van der Waals surface area contributed by atoms with E-state index in [1.54, 1.807) is 0 Å². The molecule has 0 spiro atoms. The van der Waals surface area contributed by atoms with Gasteiger partial charge in [-0.1, -0.05) is 170 Å². The average Bonchev–Trinajstić information content (AvgIpc) is 4.15. The maximum absolute atomic E-state index is 7.02. The van der Waals surface area contributed by atoms with Crippen LogP contribution in [0.4, 0.5) is 34.1 Å². The number of hydrogen-bond acceptors (Lipinski definition) is 5. The van der Waals surface area contributed by atoms with Gasteiger partial charge in [-0.25, -0.2) is 0 Å². The number of para-hydroxylation sites is 6. The molecule has 5 heteroatoms. The van der Waals surface area contributed by atoms with Gasteiger partial charge in [-0.2, -0.15) is 0 Å². The zero-order valence-electron chi connectivity index (χ0n) is 41.2. The molecule has 0 saturated carbocycles. The van der Waals surface area contributed by atoms with Crippen molar-refractivity contribution in [3.63, 3.8) is 0 Å². The van der Waals surface area contributed by atoms with E-state index in [1.807, 2.05) is 0 Å². The van der Waals surface area contributed by atoms with Gasteiger partial charge in [0, 0.05) is 66.2 Å². The van der Waals surface area contributed by atoms with Gasteiger partial charge in [0.15, 0.2) is 11.2 Å². The molecule has 354 valence electrons. The highest BCUT2D eigenvalue weighted by molar-refractivity contribution is 6.17. The van der Waals surface area contributed by atoms with Gasteiger partial charge in [0.2, 0.25) is 0 Å². The van der Waals surface area contributed by atoms with Crippen LogP contribution >= 0.6 is 0 Å². The van der Waals surface area contributed by atoms with Crippen LogP contribution in [-0.2, 0) is 0 Å². The standard InChI is InChI=1S/C70H46N2O3/c1-43-17-9-11-29-61(43)71(63-31-15-27-57-55-25-13-23-53(67(55)74-69(57)63)45-19-5-3-6-20-45)51-35-33-47-41-65-59(39-49(47)37-51)60-40-50-38-52(36-34-48(50)42-66(60)73-65)72(62-30-12-10-18-44(62)2)64-32-16-28-58-56-26-14-24-54(68(56)75-70(58)64)46-21-7-4-8-22-46/h3-42H,1-2H3. The van der Waals surface area contributed by atoms with Crippen LogP contribution in [0.1, 0.15) is 11.1 Å². The Morgan fingerprint density at radius 2 is 0.653 bits per heavy atom. The Hall–Kier alpha value is -9.84. The minimum Gasteiger partial charge on any atom is -0.456 e. The number of hydrogen-bond donors (Lipinski definition) is 0. The molecular weight excluding hydrogens is 917 g/mol. The average molecular weight is 963 g/mol. The number of aryl methyl sites for hydroxylation is 2. The van der Waals surface area contributed by atoms with Crippen molar-refractivity contribution in [3.8, 4) is 22.3 Å².